The Morgan fingerprint density at radius 3 is 2.70 bits per heavy atom. The van der Waals surface area contributed by atoms with Gasteiger partial charge in [-0.3, -0.25) is 9.89 Å². The highest BCUT2D eigenvalue weighted by Crippen LogP contribution is 2.26. The molecule has 2 fully saturated rings. The first-order chi connectivity index (χ1) is 14.7. The minimum absolute atomic E-state index is 0.499. The summed E-state index contributed by atoms with van der Waals surface area (Å²) in [6.45, 7) is 5.22. The number of nitrogens with one attached hydrogen (secondary N) is 2. The monoisotopic (exact) mass is 410 g/mol. The molecule has 0 bridgehead atoms. The molecule has 2 N–H and O–H groups in total. The van der Waals surface area contributed by atoms with E-state index in [2.05, 4.69) is 42.8 Å². The van der Waals surface area contributed by atoms with Gasteiger partial charge in [-0.1, -0.05) is 37.1 Å². The number of hydrogen-bond donors (Lipinski definition) is 2. The van der Waals surface area contributed by atoms with Gasteiger partial charge in [-0.15, -0.1) is 0 Å². The fourth-order valence-electron chi connectivity index (χ4n) is 4.55. The average molecular weight is 411 g/mol. The van der Waals surface area contributed by atoms with E-state index >= 15 is 0 Å². The van der Waals surface area contributed by atoms with Crippen LogP contribution in [0.25, 0.3) is 11.5 Å². The van der Waals surface area contributed by atoms with Crippen LogP contribution in [0.15, 0.2) is 33.8 Å². The molecule has 1 atom stereocenters. The number of hydrogen-bond acceptors (Lipinski definition) is 5. The maximum absolute atomic E-state index is 5.31. The van der Waals surface area contributed by atoms with Gasteiger partial charge < -0.3 is 15.2 Å². The number of aromatic nitrogens is 2. The normalized spacial score (nSPS) is 20.7. The van der Waals surface area contributed by atoms with Crippen molar-refractivity contribution in [2.24, 2.45) is 4.99 Å². The van der Waals surface area contributed by atoms with Crippen molar-refractivity contribution in [3.05, 3.63) is 35.7 Å². The fourth-order valence-corrected chi connectivity index (χ4v) is 4.55. The first-order valence-corrected chi connectivity index (χ1v) is 11.4. The Morgan fingerprint density at radius 1 is 1.20 bits per heavy atom. The van der Waals surface area contributed by atoms with E-state index in [9.17, 15) is 0 Å². The van der Waals surface area contributed by atoms with E-state index < -0.39 is 0 Å². The molecule has 1 aromatic carbocycles. The Kier molecular flexibility index (Phi) is 7.00. The number of rotatable bonds is 7. The molecule has 7 nitrogen and oxygen atoms in total. The van der Waals surface area contributed by atoms with Gasteiger partial charge in [0.25, 0.3) is 5.89 Å². The molecule has 0 amide bonds. The van der Waals surface area contributed by atoms with Crippen LogP contribution in [0.1, 0.15) is 50.4 Å². The predicted molar refractivity (Wildman–Crippen MR) is 120 cm³/mol. The molecular weight excluding hydrogens is 376 g/mol. The highest BCUT2D eigenvalue weighted by Gasteiger charge is 2.30. The number of aliphatic imine (C=N–C) groups is 1. The van der Waals surface area contributed by atoms with E-state index in [1.807, 2.05) is 26.1 Å². The van der Waals surface area contributed by atoms with Crippen LogP contribution < -0.4 is 10.6 Å². The third-order valence-corrected chi connectivity index (χ3v) is 6.32. The summed E-state index contributed by atoms with van der Waals surface area (Å²) in [5.41, 5.74) is 2.23. The van der Waals surface area contributed by atoms with E-state index in [0.717, 1.165) is 49.3 Å². The molecule has 4 rings (SSSR count). The zero-order chi connectivity index (χ0) is 20.8. The van der Waals surface area contributed by atoms with Crippen LogP contribution >= 0.6 is 0 Å². The minimum atomic E-state index is 0.499. The molecule has 0 radical (unpaired) electrons. The van der Waals surface area contributed by atoms with E-state index in [0.29, 0.717) is 11.9 Å². The van der Waals surface area contributed by atoms with Gasteiger partial charge in [0.15, 0.2) is 11.8 Å². The van der Waals surface area contributed by atoms with Crippen molar-refractivity contribution in [3.8, 4) is 11.5 Å². The third kappa shape index (κ3) is 5.19. The van der Waals surface area contributed by atoms with Crippen LogP contribution in [0.5, 0.6) is 0 Å². The molecule has 30 heavy (non-hydrogen) atoms. The molecule has 1 unspecified atom stereocenters. The Morgan fingerprint density at radius 2 is 2.00 bits per heavy atom. The quantitative estimate of drug-likeness (QED) is 0.540. The Balaban J connectivity index is 1.21. The highest BCUT2D eigenvalue weighted by molar-refractivity contribution is 5.80. The number of likely N-dealkylation sites (tertiary alicyclic amines) is 1. The lowest BCUT2D eigenvalue weighted by atomic mass is 10.1. The Labute approximate surface area is 179 Å². The lowest BCUT2D eigenvalue weighted by Crippen LogP contribution is -2.45. The summed E-state index contributed by atoms with van der Waals surface area (Å²) in [6, 6.07) is 9.66. The van der Waals surface area contributed by atoms with E-state index in [4.69, 9.17) is 4.52 Å². The number of aryl methyl sites for hydroxylation is 1. The molecule has 0 spiro atoms. The Bertz CT molecular complexity index is 824. The summed E-state index contributed by atoms with van der Waals surface area (Å²) in [5.74, 6) is 2.23. The lowest BCUT2D eigenvalue weighted by molar-refractivity contribution is 0.242. The molecule has 2 heterocycles. The molecule has 7 heteroatoms. The second-order valence-corrected chi connectivity index (χ2v) is 8.38. The van der Waals surface area contributed by atoms with E-state index in [1.165, 1.54) is 44.2 Å². The van der Waals surface area contributed by atoms with Gasteiger partial charge in [-0.05, 0) is 43.4 Å². The summed E-state index contributed by atoms with van der Waals surface area (Å²) >= 11 is 0. The summed E-state index contributed by atoms with van der Waals surface area (Å²) in [5, 5.41) is 11.0. The highest BCUT2D eigenvalue weighted by atomic mass is 16.5. The maximum atomic E-state index is 5.31. The minimum Gasteiger partial charge on any atom is -0.356 e. The standard InChI is InChI=1S/C23H34N6O/c1-3-21-27-22(30-28-21)18-10-8-17(9-11-18)12-14-25-23(24-2)26-19-13-15-29(16-19)20-6-4-5-7-20/h8-11,19-20H,3-7,12-16H2,1-2H3,(H2,24,25,26). The topological polar surface area (TPSA) is 78.6 Å². The van der Waals surface area contributed by atoms with Gasteiger partial charge in [-0.2, -0.15) is 4.98 Å². The first-order valence-electron chi connectivity index (χ1n) is 11.4. The van der Waals surface area contributed by atoms with Gasteiger partial charge in [0.1, 0.15) is 0 Å². The second-order valence-electron chi connectivity index (χ2n) is 8.38. The molecule has 1 aliphatic carbocycles. The fraction of sp³-hybridized carbons (Fsp3) is 0.609. The number of benzene rings is 1. The molecule has 2 aliphatic rings. The van der Waals surface area contributed by atoms with Crippen LogP contribution in [0.3, 0.4) is 0 Å². The van der Waals surface area contributed by atoms with Crippen LogP contribution in [0.2, 0.25) is 0 Å². The van der Waals surface area contributed by atoms with Gasteiger partial charge >= 0.3 is 0 Å². The average Bonchev–Trinajstić information content (AvgIpc) is 3.55. The Hall–Kier alpha value is -2.41. The zero-order valence-corrected chi connectivity index (χ0v) is 18.2. The van der Waals surface area contributed by atoms with Crippen molar-refractivity contribution in [2.45, 2.75) is 64.0 Å². The summed E-state index contributed by atoms with van der Waals surface area (Å²) in [7, 11) is 1.85. The maximum Gasteiger partial charge on any atom is 0.257 e. The first kappa shape index (κ1) is 20.8. The third-order valence-electron chi connectivity index (χ3n) is 6.32. The summed E-state index contributed by atoms with van der Waals surface area (Å²) < 4.78 is 5.31. The van der Waals surface area contributed by atoms with Crippen LogP contribution in [-0.4, -0.2) is 59.8 Å². The molecule has 1 saturated carbocycles. The van der Waals surface area contributed by atoms with Crippen molar-refractivity contribution in [3.63, 3.8) is 0 Å². The van der Waals surface area contributed by atoms with Gasteiger partial charge in [-0.25, -0.2) is 0 Å². The summed E-state index contributed by atoms with van der Waals surface area (Å²) in [4.78, 5) is 11.5. The lowest BCUT2D eigenvalue weighted by Gasteiger charge is -2.24. The van der Waals surface area contributed by atoms with Crippen LogP contribution in [0, 0.1) is 0 Å². The largest absolute Gasteiger partial charge is 0.356 e. The molecule has 1 aliphatic heterocycles. The summed E-state index contributed by atoms with van der Waals surface area (Å²) in [6.07, 6.45) is 8.48. The predicted octanol–water partition coefficient (Wildman–Crippen LogP) is 3.02. The number of guanidine groups is 1. The molecule has 1 saturated heterocycles. The number of nitrogens with zero attached hydrogens (tertiary/aromatic N) is 4. The van der Waals surface area contributed by atoms with Gasteiger partial charge in [0.2, 0.25) is 0 Å². The zero-order valence-electron chi connectivity index (χ0n) is 18.2. The van der Waals surface area contributed by atoms with Crippen molar-refractivity contribution in [2.75, 3.05) is 26.7 Å². The molecule has 2 aromatic rings. The molecule has 162 valence electrons. The second kappa shape index (κ2) is 10.1. The van der Waals surface area contributed by atoms with Crippen molar-refractivity contribution >= 4 is 5.96 Å². The van der Waals surface area contributed by atoms with Crippen LogP contribution in [-0.2, 0) is 12.8 Å². The van der Waals surface area contributed by atoms with Gasteiger partial charge in [0.05, 0.1) is 0 Å². The van der Waals surface area contributed by atoms with Crippen molar-refractivity contribution in [1.29, 1.82) is 0 Å². The van der Waals surface area contributed by atoms with Crippen molar-refractivity contribution in [1.82, 2.24) is 25.7 Å². The SMILES string of the molecule is CCc1noc(-c2ccc(CCNC(=NC)NC3CCN(C4CCCC4)C3)cc2)n1. The smallest absolute Gasteiger partial charge is 0.257 e. The molecule has 1 aromatic heterocycles. The van der Waals surface area contributed by atoms with Gasteiger partial charge in [0, 0.05) is 50.7 Å². The van der Waals surface area contributed by atoms with E-state index in [-0.39, 0.29) is 0 Å². The van der Waals surface area contributed by atoms with Crippen LogP contribution in [0.4, 0.5) is 0 Å². The van der Waals surface area contributed by atoms with E-state index in [1.54, 1.807) is 0 Å². The molecular formula is C23H34N6O. The van der Waals surface area contributed by atoms with Crippen molar-refractivity contribution < 1.29 is 4.52 Å².